The topological polar surface area (TPSA) is 64.3 Å². The van der Waals surface area contributed by atoms with Crippen molar-refractivity contribution in [2.45, 2.75) is 52.1 Å². The molecule has 0 fully saturated rings. The number of carbonyl (C=O) groups is 1. The molecule has 1 atom stereocenters. The van der Waals surface area contributed by atoms with Crippen LogP contribution in [0.3, 0.4) is 0 Å². The fourth-order valence-corrected chi connectivity index (χ4v) is 2.24. The molecule has 3 N–H and O–H groups in total. The van der Waals surface area contributed by atoms with E-state index in [9.17, 15) is 9.18 Å². The lowest BCUT2D eigenvalue weighted by atomic mass is 9.94. The van der Waals surface area contributed by atoms with Gasteiger partial charge in [0.25, 0.3) is 0 Å². The Balaban J connectivity index is 2.51. The Hall–Kier alpha value is -1.62. The van der Waals surface area contributed by atoms with E-state index in [1.807, 2.05) is 20.8 Å². The molecule has 0 radical (unpaired) electrons. The summed E-state index contributed by atoms with van der Waals surface area (Å²) in [6, 6.07) is 4.61. The van der Waals surface area contributed by atoms with Crippen molar-refractivity contribution < 1.29 is 13.9 Å². The average Bonchev–Trinajstić information content (AvgIpc) is 2.37. The van der Waals surface area contributed by atoms with Crippen LogP contribution in [-0.2, 0) is 4.79 Å². The van der Waals surface area contributed by atoms with E-state index in [0.29, 0.717) is 25.2 Å². The van der Waals surface area contributed by atoms with E-state index in [4.69, 9.17) is 10.5 Å². The van der Waals surface area contributed by atoms with Gasteiger partial charge in [-0.1, -0.05) is 6.07 Å². The Morgan fingerprint density at radius 1 is 1.48 bits per heavy atom. The van der Waals surface area contributed by atoms with Gasteiger partial charge in [0.2, 0.25) is 5.91 Å². The first kappa shape index (κ1) is 17.4. The summed E-state index contributed by atoms with van der Waals surface area (Å²) in [6.07, 6.45) is 1.21. The maximum Gasteiger partial charge on any atom is 0.237 e. The lowest BCUT2D eigenvalue weighted by Gasteiger charge is -2.29. The van der Waals surface area contributed by atoms with Gasteiger partial charge in [-0.15, -0.1) is 0 Å². The van der Waals surface area contributed by atoms with Gasteiger partial charge in [-0.2, -0.15) is 0 Å². The second kappa shape index (κ2) is 7.41. The second-order valence-corrected chi connectivity index (χ2v) is 5.86. The van der Waals surface area contributed by atoms with Crippen LogP contribution >= 0.6 is 0 Å². The third kappa shape index (κ3) is 5.34. The Bertz CT molecular complexity index is 491. The highest BCUT2D eigenvalue weighted by Gasteiger charge is 2.30. The highest BCUT2D eigenvalue weighted by Crippen LogP contribution is 2.20. The Labute approximate surface area is 125 Å². The first-order valence-corrected chi connectivity index (χ1v) is 7.21. The van der Waals surface area contributed by atoms with Crippen molar-refractivity contribution in [2.75, 3.05) is 6.61 Å². The largest absolute Gasteiger partial charge is 0.493 e. The summed E-state index contributed by atoms with van der Waals surface area (Å²) < 4.78 is 18.7. The minimum Gasteiger partial charge on any atom is -0.493 e. The van der Waals surface area contributed by atoms with Gasteiger partial charge in [0, 0.05) is 12.1 Å². The van der Waals surface area contributed by atoms with Gasteiger partial charge in [-0.3, -0.25) is 4.79 Å². The summed E-state index contributed by atoms with van der Waals surface area (Å²) in [6.45, 7) is 8.00. The van der Waals surface area contributed by atoms with Crippen molar-refractivity contribution in [3.63, 3.8) is 0 Å². The number of rotatable bonds is 8. The van der Waals surface area contributed by atoms with Crippen LogP contribution in [0.15, 0.2) is 18.2 Å². The minimum absolute atomic E-state index is 0.161. The van der Waals surface area contributed by atoms with Crippen LogP contribution in [0.25, 0.3) is 0 Å². The van der Waals surface area contributed by atoms with Gasteiger partial charge in [-0.05, 0) is 52.2 Å². The molecular formula is C16H25FN2O2. The van der Waals surface area contributed by atoms with Crippen LogP contribution in [0.2, 0.25) is 0 Å². The van der Waals surface area contributed by atoms with E-state index in [1.54, 1.807) is 13.0 Å². The van der Waals surface area contributed by atoms with Gasteiger partial charge < -0.3 is 15.8 Å². The SMILES string of the molecule is Cc1ccc(F)cc1OCCCC(C)(NC(C)C)C(N)=O. The maximum absolute atomic E-state index is 13.1. The molecule has 0 saturated heterocycles. The van der Waals surface area contributed by atoms with Crippen molar-refractivity contribution >= 4 is 5.91 Å². The molecule has 5 heteroatoms. The van der Waals surface area contributed by atoms with E-state index in [-0.39, 0.29) is 17.8 Å². The number of benzene rings is 1. The smallest absolute Gasteiger partial charge is 0.237 e. The van der Waals surface area contributed by atoms with E-state index < -0.39 is 5.54 Å². The summed E-state index contributed by atoms with van der Waals surface area (Å²) in [4.78, 5) is 11.6. The fourth-order valence-electron chi connectivity index (χ4n) is 2.24. The quantitative estimate of drug-likeness (QED) is 0.725. The molecule has 1 aromatic rings. The number of ether oxygens (including phenoxy) is 1. The lowest BCUT2D eigenvalue weighted by Crippen LogP contribution is -2.55. The lowest BCUT2D eigenvalue weighted by molar-refractivity contribution is -0.124. The molecule has 1 amide bonds. The fraction of sp³-hybridized carbons (Fsp3) is 0.562. The third-order valence-electron chi connectivity index (χ3n) is 3.38. The Morgan fingerprint density at radius 2 is 2.14 bits per heavy atom. The molecule has 0 aliphatic carbocycles. The molecular weight excluding hydrogens is 271 g/mol. The summed E-state index contributed by atoms with van der Waals surface area (Å²) in [5, 5.41) is 3.18. The molecule has 1 rings (SSSR count). The Morgan fingerprint density at radius 3 is 2.71 bits per heavy atom. The minimum atomic E-state index is -0.755. The molecule has 1 aromatic carbocycles. The van der Waals surface area contributed by atoms with Crippen LogP contribution in [0.4, 0.5) is 4.39 Å². The van der Waals surface area contributed by atoms with E-state index in [2.05, 4.69) is 5.32 Å². The molecule has 0 aromatic heterocycles. The standard InChI is InChI=1S/C16H25FN2O2/c1-11(2)19-16(4,15(18)20)8-5-9-21-14-10-13(17)7-6-12(14)3/h6-7,10-11,19H,5,8-9H2,1-4H3,(H2,18,20). The molecule has 0 spiro atoms. The van der Waals surface area contributed by atoms with Crippen molar-refractivity contribution in [3.05, 3.63) is 29.6 Å². The maximum atomic E-state index is 13.1. The number of primary amides is 1. The first-order chi connectivity index (χ1) is 9.74. The summed E-state index contributed by atoms with van der Waals surface area (Å²) in [7, 11) is 0. The molecule has 0 aliphatic heterocycles. The Kier molecular flexibility index (Phi) is 6.15. The predicted molar refractivity (Wildman–Crippen MR) is 81.7 cm³/mol. The third-order valence-corrected chi connectivity index (χ3v) is 3.38. The van der Waals surface area contributed by atoms with Gasteiger partial charge in [0.15, 0.2) is 0 Å². The van der Waals surface area contributed by atoms with E-state index in [1.165, 1.54) is 12.1 Å². The predicted octanol–water partition coefficient (Wildman–Crippen LogP) is 2.54. The first-order valence-electron chi connectivity index (χ1n) is 7.21. The number of carbonyl (C=O) groups excluding carboxylic acids is 1. The molecule has 0 heterocycles. The molecule has 4 nitrogen and oxygen atoms in total. The van der Waals surface area contributed by atoms with Crippen LogP contribution in [0, 0.1) is 12.7 Å². The summed E-state index contributed by atoms with van der Waals surface area (Å²) in [5.41, 5.74) is 5.59. The molecule has 21 heavy (non-hydrogen) atoms. The van der Waals surface area contributed by atoms with Crippen LogP contribution in [0.5, 0.6) is 5.75 Å². The number of hydrogen-bond acceptors (Lipinski definition) is 3. The van der Waals surface area contributed by atoms with Crippen molar-refractivity contribution in [1.29, 1.82) is 0 Å². The van der Waals surface area contributed by atoms with Crippen LogP contribution < -0.4 is 15.8 Å². The van der Waals surface area contributed by atoms with Gasteiger partial charge in [0.05, 0.1) is 12.1 Å². The number of hydrogen-bond donors (Lipinski definition) is 2. The van der Waals surface area contributed by atoms with Crippen LogP contribution in [-0.4, -0.2) is 24.1 Å². The summed E-state index contributed by atoms with van der Waals surface area (Å²) >= 11 is 0. The van der Waals surface area contributed by atoms with Crippen molar-refractivity contribution in [2.24, 2.45) is 5.73 Å². The van der Waals surface area contributed by atoms with Gasteiger partial charge in [-0.25, -0.2) is 4.39 Å². The average molecular weight is 296 g/mol. The number of amides is 1. The molecule has 0 bridgehead atoms. The number of halogens is 1. The number of nitrogens with one attached hydrogen (secondary N) is 1. The van der Waals surface area contributed by atoms with E-state index in [0.717, 1.165) is 5.56 Å². The highest BCUT2D eigenvalue weighted by atomic mass is 19.1. The van der Waals surface area contributed by atoms with Crippen molar-refractivity contribution in [1.82, 2.24) is 5.32 Å². The molecule has 0 aliphatic rings. The normalized spacial score (nSPS) is 14.0. The second-order valence-electron chi connectivity index (χ2n) is 5.86. The zero-order valence-electron chi connectivity index (χ0n) is 13.2. The summed E-state index contributed by atoms with van der Waals surface area (Å²) in [5.74, 6) is -0.162. The van der Waals surface area contributed by atoms with Crippen LogP contribution in [0.1, 0.15) is 39.2 Å². The number of aryl methyl sites for hydroxylation is 1. The highest BCUT2D eigenvalue weighted by molar-refractivity contribution is 5.84. The van der Waals surface area contributed by atoms with Crippen molar-refractivity contribution in [3.8, 4) is 5.75 Å². The zero-order chi connectivity index (χ0) is 16.0. The van der Waals surface area contributed by atoms with E-state index >= 15 is 0 Å². The number of nitrogens with two attached hydrogens (primary N) is 1. The van der Waals surface area contributed by atoms with Gasteiger partial charge >= 0.3 is 0 Å². The molecule has 1 unspecified atom stereocenters. The monoisotopic (exact) mass is 296 g/mol. The molecule has 0 saturated carbocycles. The zero-order valence-corrected chi connectivity index (χ0v) is 13.2. The molecule has 118 valence electrons. The van der Waals surface area contributed by atoms with Gasteiger partial charge in [0.1, 0.15) is 11.6 Å².